The van der Waals surface area contributed by atoms with Gasteiger partial charge in [0.25, 0.3) is 0 Å². The molecule has 1 aliphatic carbocycles. The van der Waals surface area contributed by atoms with Crippen LogP contribution in [0.1, 0.15) is 22.3 Å². The predicted octanol–water partition coefficient (Wildman–Crippen LogP) is 14.0. The molecule has 1 nitrogen and oxygen atoms in total. The molecule has 54 heavy (non-hydrogen) atoms. The van der Waals surface area contributed by atoms with Gasteiger partial charge in [0.05, 0.1) is 11.1 Å². The van der Waals surface area contributed by atoms with E-state index in [1.165, 1.54) is 66.4 Å². The molecule has 0 aromatic heterocycles. The van der Waals surface area contributed by atoms with Gasteiger partial charge in [-0.25, -0.2) is 0 Å². The largest absolute Gasteiger partial charge is 0.310 e. The molecule has 0 N–H and O–H groups in total. The minimum absolute atomic E-state index is 0.484. The first-order valence-electron chi connectivity index (χ1n) is 18.7. The highest BCUT2D eigenvalue weighted by molar-refractivity contribution is 5.99. The highest BCUT2D eigenvalue weighted by Crippen LogP contribution is 2.59. The van der Waals surface area contributed by atoms with Gasteiger partial charge in [0.15, 0.2) is 0 Å². The zero-order valence-electron chi connectivity index (χ0n) is 29.8. The Kier molecular flexibility index (Phi) is 7.78. The SMILES string of the molecule is c1ccc(-c2ccc(-c3cccc(N(c4ccc5ccccc5c4)c4cccc5c4-c4ccccc4C5(c4ccccc4)c4ccccc4)c3)cc2)cc1. The minimum Gasteiger partial charge on any atom is -0.310 e. The van der Waals surface area contributed by atoms with Crippen molar-refractivity contribution in [2.75, 3.05) is 4.90 Å². The van der Waals surface area contributed by atoms with Crippen LogP contribution in [0.5, 0.6) is 0 Å². The smallest absolute Gasteiger partial charge is 0.0714 e. The molecular formula is C53H37N. The molecular weight excluding hydrogens is 651 g/mol. The van der Waals surface area contributed by atoms with Gasteiger partial charge in [0.2, 0.25) is 0 Å². The van der Waals surface area contributed by atoms with Crippen molar-refractivity contribution in [1.29, 1.82) is 0 Å². The van der Waals surface area contributed by atoms with Crippen LogP contribution in [-0.2, 0) is 5.41 Å². The van der Waals surface area contributed by atoms with Gasteiger partial charge in [-0.1, -0.05) is 194 Å². The fourth-order valence-corrected chi connectivity index (χ4v) is 8.71. The second-order valence-electron chi connectivity index (χ2n) is 14.1. The molecule has 0 amide bonds. The summed E-state index contributed by atoms with van der Waals surface area (Å²) in [5.41, 5.74) is 15.3. The van der Waals surface area contributed by atoms with Crippen molar-refractivity contribution < 1.29 is 0 Å². The maximum absolute atomic E-state index is 2.47. The molecule has 1 aliphatic rings. The Morgan fingerprint density at radius 2 is 0.833 bits per heavy atom. The topological polar surface area (TPSA) is 3.24 Å². The Morgan fingerprint density at radius 3 is 1.56 bits per heavy atom. The first kappa shape index (κ1) is 31.7. The minimum atomic E-state index is -0.484. The van der Waals surface area contributed by atoms with Crippen molar-refractivity contribution in [2.45, 2.75) is 5.41 Å². The van der Waals surface area contributed by atoms with E-state index in [1.807, 2.05) is 0 Å². The lowest BCUT2D eigenvalue weighted by molar-refractivity contribution is 0.768. The zero-order valence-corrected chi connectivity index (χ0v) is 29.8. The summed E-state index contributed by atoms with van der Waals surface area (Å²) < 4.78 is 0. The van der Waals surface area contributed by atoms with Crippen molar-refractivity contribution in [3.05, 3.63) is 247 Å². The van der Waals surface area contributed by atoms with Crippen molar-refractivity contribution >= 4 is 27.8 Å². The van der Waals surface area contributed by atoms with Crippen LogP contribution in [0.25, 0.3) is 44.2 Å². The van der Waals surface area contributed by atoms with Crippen molar-refractivity contribution in [3.63, 3.8) is 0 Å². The van der Waals surface area contributed by atoms with Gasteiger partial charge in [-0.05, 0) is 91.2 Å². The Balaban J connectivity index is 1.21. The molecule has 0 heterocycles. The third-order valence-corrected chi connectivity index (χ3v) is 11.1. The van der Waals surface area contributed by atoms with Crippen LogP contribution in [0.4, 0.5) is 17.1 Å². The molecule has 254 valence electrons. The van der Waals surface area contributed by atoms with Crippen molar-refractivity contribution in [2.24, 2.45) is 0 Å². The number of hydrogen-bond donors (Lipinski definition) is 0. The number of nitrogens with zero attached hydrogens (tertiary/aromatic N) is 1. The molecule has 0 saturated carbocycles. The molecule has 0 bridgehead atoms. The molecule has 10 rings (SSSR count). The van der Waals surface area contributed by atoms with Gasteiger partial charge in [-0.15, -0.1) is 0 Å². The molecule has 0 saturated heterocycles. The third kappa shape index (κ3) is 5.17. The first-order chi connectivity index (χ1) is 26.8. The fraction of sp³-hybridized carbons (Fsp3) is 0.0189. The molecule has 9 aromatic carbocycles. The summed E-state index contributed by atoms with van der Waals surface area (Å²) in [7, 11) is 0. The summed E-state index contributed by atoms with van der Waals surface area (Å²) in [4.78, 5) is 2.47. The number of rotatable bonds is 7. The van der Waals surface area contributed by atoms with E-state index in [1.54, 1.807) is 0 Å². The van der Waals surface area contributed by atoms with E-state index in [-0.39, 0.29) is 0 Å². The highest BCUT2D eigenvalue weighted by atomic mass is 15.1. The molecule has 0 fully saturated rings. The number of anilines is 3. The molecule has 1 heteroatoms. The van der Waals surface area contributed by atoms with Crippen LogP contribution in [0, 0.1) is 0 Å². The zero-order chi connectivity index (χ0) is 35.9. The van der Waals surface area contributed by atoms with Gasteiger partial charge >= 0.3 is 0 Å². The summed E-state index contributed by atoms with van der Waals surface area (Å²) in [5.74, 6) is 0. The van der Waals surface area contributed by atoms with Crippen LogP contribution >= 0.6 is 0 Å². The normalized spacial score (nSPS) is 12.6. The monoisotopic (exact) mass is 687 g/mol. The lowest BCUT2D eigenvalue weighted by Gasteiger charge is -2.34. The number of hydrogen-bond acceptors (Lipinski definition) is 1. The Labute approximate surface area is 317 Å². The second-order valence-corrected chi connectivity index (χ2v) is 14.1. The quantitative estimate of drug-likeness (QED) is 0.161. The summed E-state index contributed by atoms with van der Waals surface area (Å²) in [5, 5.41) is 2.44. The lowest BCUT2D eigenvalue weighted by atomic mass is 9.68. The summed E-state index contributed by atoms with van der Waals surface area (Å²) in [6.45, 7) is 0. The van der Waals surface area contributed by atoms with E-state index in [4.69, 9.17) is 0 Å². The molecule has 0 atom stereocenters. The first-order valence-corrected chi connectivity index (χ1v) is 18.7. The predicted molar refractivity (Wildman–Crippen MR) is 227 cm³/mol. The van der Waals surface area contributed by atoms with Gasteiger partial charge in [-0.2, -0.15) is 0 Å². The van der Waals surface area contributed by atoms with Crippen LogP contribution in [0.2, 0.25) is 0 Å². The van der Waals surface area contributed by atoms with E-state index < -0.39 is 5.41 Å². The third-order valence-electron chi connectivity index (χ3n) is 11.1. The number of benzene rings is 9. The van der Waals surface area contributed by atoms with Crippen LogP contribution < -0.4 is 4.90 Å². The maximum Gasteiger partial charge on any atom is 0.0714 e. The summed E-state index contributed by atoms with van der Waals surface area (Å²) >= 11 is 0. The van der Waals surface area contributed by atoms with Gasteiger partial charge in [0, 0.05) is 16.9 Å². The van der Waals surface area contributed by atoms with Crippen LogP contribution in [0.3, 0.4) is 0 Å². The van der Waals surface area contributed by atoms with Crippen molar-refractivity contribution in [3.8, 4) is 33.4 Å². The highest BCUT2D eigenvalue weighted by Gasteiger charge is 2.47. The standard InChI is InChI=1S/C53H37N/c1-4-16-38(17-5-1)40-30-32-41(33-31-40)43-20-14-25-46(36-43)54(47-35-34-39-18-10-11-19-42(39)37-47)51-29-15-28-50-52(51)48-26-12-13-27-49(48)53(50,44-21-6-2-7-22-44)45-23-8-3-9-24-45/h1-37H. The fourth-order valence-electron chi connectivity index (χ4n) is 8.71. The van der Waals surface area contributed by atoms with E-state index in [0.717, 1.165) is 17.1 Å². The molecule has 0 radical (unpaired) electrons. The summed E-state index contributed by atoms with van der Waals surface area (Å²) in [6.07, 6.45) is 0. The van der Waals surface area contributed by atoms with E-state index in [9.17, 15) is 0 Å². The average Bonchev–Trinajstić information content (AvgIpc) is 3.56. The molecule has 0 spiro atoms. The molecule has 0 unspecified atom stereocenters. The molecule has 9 aromatic rings. The Hall–Kier alpha value is -6.96. The van der Waals surface area contributed by atoms with Gasteiger partial charge in [0.1, 0.15) is 0 Å². The van der Waals surface area contributed by atoms with Crippen LogP contribution in [-0.4, -0.2) is 0 Å². The van der Waals surface area contributed by atoms with Crippen LogP contribution in [0.15, 0.2) is 224 Å². The van der Waals surface area contributed by atoms with Gasteiger partial charge < -0.3 is 4.90 Å². The van der Waals surface area contributed by atoms with Crippen molar-refractivity contribution in [1.82, 2.24) is 0 Å². The van der Waals surface area contributed by atoms with E-state index >= 15 is 0 Å². The lowest BCUT2D eigenvalue weighted by Crippen LogP contribution is -2.28. The average molecular weight is 688 g/mol. The van der Waals surface area contributed by atoms with E-state index in [2.05, 4.69) is 229 Å². The Morgan fingerprint density at radius 1 is 0.315 bits per heavy atom. The second kappa shape index (κ2) is 13.2. The van der Waals surface area contributed by atoms with E-state index in [0.29, 0.717) is 0 Å². The van der Waals surface area contributed by atoms with Gasteiger partial charge in [-0.3, -0.25) is 0 Å². The Bertz CT molecular complexity index is 2710. The molecule has 0 aliphatic heterocycles. The summed E-state index contributed by atoms with van der Waals surface area (Å²) in [6, 6.07) is 82.0. The maximum atomic E-state index is 2.47. The number of fused-ring (bicyclic) bond motifs is 4.